The van der Waals surface area contributed by atoms with Gasteiger partial charge in [0.1, 0.15) is 6.10 Å². The Balaban J connectivity index is 1.43. The van der Waals surface area contributed by atoms with E-state index < -0.39 is 48.4 Å². The summed E-state index contributed by atoms with van der Waals surface area (Å²) in [6.45, 7) is 4.66. The molecule has 42 heavy (non-hydrogen) atoms. The zero-order valence-electron chi connectivity index (χ0n) is 23.7. The van der Waals surface area contributed by atoms with Crippen LogP contribution in [0.15, 0.2) is 30.6 Å². The van der Waals surface area contributed by atoms with Crippen molar-refractivity contribution in [2.45, 2.75) is 83.5 Å². The summed E-state index contributed by atoms with van der Waals surface area (Å²) in [4.78, 5) is 52.2. The van der Waals surface area contributed by atoms with E-state index in [2.05, 4.69) is 44.2 Å². The fraction of sp³-hybridized carbons (Fsp3) is 0.586. The maximum absolute atomic E-state index is 12.2. The number of carbonyl (C=O) groups is 3. The number of aromatic nitrogens is 4. The molecule has 2 aromatic heterocycles. The molecule has 0 radical (unpaired) electrons. The zero-order chi connectivity index (χ0) is 29.8. The van der Waals surface area contributed by atoms with E-state index in [0.29, 0.717) is 22.9 Å². The van der Waals surface area contributed by atoms with Gasteiger partial charge in [-0.2, -0.15) is 9.97 Å². The van der Waals surface area contributed by atoms with Crippen LogP contribution in [0.25, 0.3) is 11.2 Å². The Bertz CT molecular complexity index is 1470. The third kappa shape index (κ3) is 4.84. The number of carboxylic acids is 1. The zero-order valence-corrected chi connectivity index (χ0v) is 24.4. The van der Waals surface area contributed by atoms with Gasteiger partial charge < -0.3 is 24.2 Å². The van der Waals surface area contributed by atoms with E-state index in [1.54, 1.807) is 4.57 Å². The largest absolute Gasteiger partial charge is 0.481 e. The van der Waals surface area contributed by atoms with Crippen molar-refractivity contribution in [3.63, 3.8) is 0 Å². The molecule has 2 aliphatic heterocycles. The topological polar surface area (TPSA) is 146 Å². The minimum atomic E-state index is -1.18. The molecule has 4 heterocycles. The van der Waals surface area contributed by atoms with Crippen LogP contribution in [0.2, 0.25) is 5.28 Å². The Labute approximate surface area is 247 Å². The summed E-state index contributed by atoms with van der Waals surface area (Å²) in [6.07, 6.45) is 11.5. The molecular weight excluding hydrogens is 566 g/mol. The molecule has 12 nitrogen and oxygen atoms in total. The van der Waals surface area contributed by atoms with E-state index in [-0.39, 0.29) is 16.7 Å². The fourth-order valence-electron chi connectivity index (χ4n) is 7.31. The average molecular weight is 600 g/mol. The minimum absolute atomic E-state index is 0.00440. The molecule has 2 aliphatic carbocycles. The van der Waals surface area contributed by atoms with E-state index >= 15 is 0 Å². The first kappa shape index (κ1) is 28.6. The van der Waals surface area contributed by atoms with E-state index in [1.807, 2.05) is 0 Å². The van der Waals surface area contributed by atoms with Crippen LogP contribution in [0.4, 0.5) is 5.82 Å². The molecule has 1 N–H and O–H groups in total. The highest BCUT2D eigenvalue weighted by Crippen LogP contribution is 2.53. The second-order valence-electron chi connectivity index (χ2n) is 11.7. The number of anilines is 1. The molecule has 2 aromatic rings. The highest BCUT2D eigenvalue weighted by atomic mass is 35.5. The Hall–Kier alpha value is -3.51. The van der Waals surface area contributed by atoms with Crippen molar-refractivity contribution < 1.29 is 33.7 Å². The number of allylic oxidation sites excluding steroid dienone is 2. The van der Waals surface area contributed by atoms with Gasteiger partial charge in [0.15, 0.2) is 35.4 Å². The number of hydrogen-bond acceptors (Lipinski definition) is 10. The highest BCUT2D eigenvalue weighted by molar-refractivity contribution is 6.28. The van der Waals surface area contributed by atoms with Crippen LogP contribution in [-0.2, 0) is 28.6 Å². The summed E-state index contributed by atoms with van der Waals surface area (Å²) in [5.41, 5.74) is 0.940. The number of halogens is 1. The van der Waals surface area contributed by atoms with Crippen molar-refractivity contribution in [1.82, 2.24) is 19.5 Å². The number of imidazole rings is 1. The van der Waals surface area contributed by atoms with Crippen LogP contribution in [0.5, 0.6) is 0 Å². The van der Waals surface area contributed by atoms with E-state index in [1.165, 1.54) is 46.4 Å². The average Bonchev–Trinajstić information content (AvgIpc) is 3.61. The number of carbonyl (C=O) groups excluding carboxylic acids is 2. The first-order valence-electron chi connectivity index (χ1n) is 14.3. The highest BCUT2D eigenvalue weighted by Gasteiger charge is 2.55. The number of ether oxygens (including phenoxy) is 3. The lowest BCUT2D eigenvalue weighted by Crippen LogP contribution is -2.42. The monoisotopic (exact) mass is 599 g/mol. The Morgan fingerprint density at radius 2 is 1.76 bits per heavy atom. The molecule has 4 aliphatic rings. The number of aliphatic carboxylic acids is 1. The van der Waals surface area contributed by atoms with Crippen LogP contribution in [0.3, 0.4) is 0 Å². The molecule has 0 aromatic carbocycles. The molecule has 0 bridgehead atoms. The first-order chi connectivity index (χ1) is 20.1. The smallest absolute Gasteiger partial charge is 0.309 e. The van der Waals surface area contributed by atoms with Crippen LogP contribution < -0.4 is 4.90 Å². The SMILES string of the molecule is CC(=O)O[C@@H]1[C@H](OC(C)=O)[C@@H](C(C)C(=O)O)O[C@H]1n1cnc2c(N3CC4(CCCCC4)C4C=CC=CC43)nc(Cl)nc21. The lowest BCUT2D eigenvalue weighted by Gasteiger charge is -2.38. The molecule has 1 spiro atoms. The second kappa shape index (κ2) is 11.0. The van der Waals surface area contributed by atoms with Gasteiger partial charge in [0.05, 0.1) is 18.3 Å². The summed E-state index contributed by atoms with van der Waals surface area (Å²) >= 11 is 6.53. The third-order valence-electron chi connectivity index (χ3n) is 9.14. The third-order valence-corrected chi connectivity index (χ3v) is 9.31. The van der Waals surface area contributed by atoms with Gasteiger partial charge in [-0.1, -0.05) is 43.6 Å². The lowest BCUT2D eigenvalue weighted by atomic mass is 9.65. The molecule has 6 rings (SSSR count). The molecule has 2 saturated heterocycles. The van der Waals surface area contributed by atoms with Gasteiger partial charge in [-0.15, -0.1) is 0 Å². The van der Waals surface area contributed by atoms with Gasteiger partial charge in [0.25, 0.3) is 0 Å². The van der Waals surface area contributed by atoms with Crippen molar-refractivity contribution in [3.8, 4) is 0 Å². The van der Waals surface area contributed by atoms with Crippen LogP contribution in [0.1, 0.15) is 59.1 Å². The van der Waals surface area contributed by atoms with Gasteiger partial charge in [0, 0.05) is 26.3 Å². The minimum Gasteiger partial charge on any atom is -0.481 e. The number of nitrogens with zero attached hydrogens (tertiary/aromatic N) is 5. The summed E-state index contributed by atoms with van der Waals surface area (Å²) in [6, 6.07) is 0.0816. The lowest BCUT2D eigenvalue weighted by molar-refractivity contribution is -0.166. The van der Waals surface area contributed by atoms with Crippen LogP contribution in [0, 0.1) is 17.3 Å². The Kier molecular flexibility index (Phi) is 7.46. The number of rotatable bonds is 6. The summed E-state index contributed by atoms with van der Waals surface area (Å²) in [5.74, 6) is -2.62. The predicted octanol–water partition coefficient (Wildman–Crippen LogP) is 3.84. The number of esters is 2. The quantitative estimate of drug-likeness (QED) is 0.381. The number of carboxylic acid groups (broad SMARTS) is 1. The van der Waals surface area contributed by atoms with Gasteiger partial charge in [0.2, 0.25) is 5.28 Å². The van der Waals surface area contributed by atoms with Crippen molar-refractivity contribution in [2.75, 3.05) is 11.4 Å². The molecule has 3 unspecified atom stereocenters. The molecular formula is C29H34ClN5O7. The Morgan fingerprint density at radius 3 is 2.45 bits per heavy atom. The number of hydrogen-bond donors (Lipinski definition) is 1. The van der Waals surface area contributed by atoms with Crippen molar-refractivity contribution in [2.24, 2.45) is 17.3 Å². The molecule has 224 valence electrons. The second-order valence-corrected chi connectivity index (χ2v) is 12.1. The fourth-order valence-corrected chi connectivity index (χ4v) is 7.47. The first-order valence-corrected chi connectivity index (χ1v) is 14.7. The van der Waals surface area contributed by atoms with Gasteiger partial charge in [-0.25, -0.2) is 4.98 Å². The molecule has 1 saturated carbocycles. The molecule has 3 fully saturated rings. The standard InChI is InChI=1S/C29H34ClN5O7/c1-15(27(38)39)21-22(40-16(2)36)23(41-17(3)37)26(42-21)35-14-31-20-24(32-28(30)33-25(20)35)34-13-29(11-7-4-8-12-29)18-9-5-6-10-19(18)34/h5-6,9-10,14-15,18-19,21-23,26H,4,7-8,11-13H2,1-3H3,(H,38,39)/t15?,18?,19?,21-,22-,23-,26-/m1/s1. The van der Waals surface area contributed by atoms with Crippen LogP contribution >= 0.6 is 11.6 Å². The maximum Gasteiger partial charge on any atom is 0.309 e. The predicted molar refractivity (Wildman–Crippen MR) is 151 cm³/mol. The van der Waals surface area contributed by atoms with Crippen molar-refractivity contribution in [3.05, 3.63) is 35.9 Å². The molecule has 0 amide bonds. The van der Waals surface area contributed by atoms with Gasteiger partial charge in [-0.3, -0.25) is 19.0 Å². The Morgan fingerprint density at radius 1 is 1.07 bits per heavy atom. The summed E-state index contributed by atoms with van der Waals surface area (Å²) < 4.78 is 18.8. The van der Waals surface area contributed by atoms with E-state index in [4.69, 9.17) is 25.8 Å². The summed E-state index contributed by atoms with van der Waals surface area (Å²) in [7, 11) is 0. The van der Waals surface area contributed by atoms with Gasteiger partial charge >= 0.3 is 17.9 Å². The van der Waals surface area contributed by atoms with Gasteiger partial charge in [-0.05, 0) is 36.8 Å². The van der Waals surface area contributed by atoms with Crippen LogP contribution in [-0.4, -0.2) is 73.4 Å². The molecule has 7 atom stereocenters. The number of fused-ring (bicyclic) bond motifs is 3. The van der Waals surface area contributed by atoms with E-state index in [9.17, 15) is 19.5 Å². The van der Waals surface area contributed by atoms with Crippen molar-refractivity contribution >= 4 is 46.5 Å². The van der Waals surface area contributed by atoms with Crippen molar-refractivity contribution in [1.29, 1.82) is 0 Å². The molecule has 13 heteroatoms. The normalized spacial score (nSPS) is 30.4. The maximum atomic E-state index is 12.2. The van der Waals surface area contributed by atoms with E-state index in [0.717, 1.165) is 19.4 Å². The summed E-state index contributed by atoms with van der Waals surface area (Å²) in [5, 5.41) is 9.75.